The fourth-order valence-corrected chi connectivity index (χ4v) is 4.93. The molecule has 0 aromatic heterocycles. The highest BCUT2D eigenvalue weighted by Gasteiger charge is 2.28. The lowest BCUT2D eigenvalue weighted by molar-refractivity contribution is -0.126. The molecule has 160 valence electrons. The van der Waals surface area contributed by atoms with Gasteiger partial charge in [-0.05, 0) is 50.1 Å². The second-order valence-electron chi connectivity index (χ2n) is 7.27. The number of benzene rings is 2. The number of carbonyl (C=O) groups excluding carboxylic acids is 2. The predicted molar refractivity (Wildman–Crippen MR) is 114 cm³/mol. The first kappa shape index (κ1) is 22.0. The molecule has 8 heteroatoms. The Balaban J connectivity index is 1.71. The number of likely N-dealkylation sites (N-methyl/N-ethyl adjacent to an activating group) is 1. The smallest absolute Gasteiger partial charge is 0.338 e. The Hall–Kier alpha value is -2.71. The normalized spacial score (nSPS) is 15.9. The molecule has 0 bridgehead atoms. The molecule has 0 saturated carbocycles. The summed E-state index contributed by atoms with van der Waals surface area (Å²) in [6.45, 7) is 2.46. The van der Waals surface area contributed by atoms with Crippen LogP contribution < -0.4 is 4.90 Å². The quantitative estimate of drug-likeness (QED) is 0.658. The first-order valence-electron chi connectivity index (χ1n) is 9.94. The van der Waals surface area contributed by atoms with Gasteiger partial charge in [0.1, 0.15) is 0 Å². The highest BCUT2D eigenvalue weighted by atomic mass is 32.2. The van der Waals surface area contributed by atoms with Crippen LogP contribution in [0.5, 0.6) is 0 Å². The minimum atomic E-state index is -3.66. The number of esters is 1. The van der Waals surface area contributed by atoms with Crippen molar-refractivity contribution < 1.29 is 22.7 Å². The van der Waals surface area contributed by atoms with E-state index in [1.807, 2.05) is 18.2 Å². The molecule has 0 unspecified atom stereocenters. The molecule has 1 fully saturated rings. The monoisotopic (exact) mass is 430 g/mol. The predicted octanol–water partition coefficient (Wildman–Crippen LogP) is 3.07. The van der Waals surface area contributed by atoms with Gasteiger partial charge in [0.2, 0.25) is 10.0 Å². The van der Waals surface area contributed by atoms with Crippen LogP contribution in [-0.2, 0) is 19.6 Å². The summed E-state index contributed by atoms with van der Waals surface area (Å²) in [7, 11) is -2.06. The van der Waals surface area contributed by atoms with Crippen LogP contribution in [0.2, 0.25) is 0 Å². The average Bonchev–Trinajstić information content (AvgIpc) is 2.79. The van der Waals surface area contributed by atoms with E-state index in [0.29, 0.717) is 18.8 Å². The van der Waals surface area contributed by atoms with E-state index in [1.165, 1.54) is 40.4 Å². The summed E-state index contributed by atoms with van der Waals surface area (Å²) in [5.41, 5.74) is 0.773. The minimum Gasteiger partial charge on any atom is -0.449 e. The Morgan fingerprint density at radius 3 is 2.33 bits per heavy atom. The summed E-state index contributed by atoms with van der Waals surface area (Å²) in [6.07, 6.45) is 1.65. The van der Waals surface area contributed by atoms with E-state index in [1.54, 1.807) is 19.2 Å². The van der Waals surface area contributed by atoms with E-state index in [4.69, 9.17) is 4.74 Å². The number of piperidine rings is 1. The molecule has 1 heterocycles. The Morgan fingerprint density at radius 1 is 1.00 bits per heavy atom. The van der Waals surface area contributed by atoms with Crippen LogP contribution in [0.1, 0.15) is 36.5 Å². The van der Waals surface area contributed by atoms with Gasteiger partial charge in [0.15, 0.2) is 6.10 Å². The highest BCUT2D eigenvalue weighted by molar-refractivity contribution is 7.89. The van der Waals surface area contributed by atoms with Crippen LogP contribution in [0, 0.1) is 0 Å². The van der Waals surface area contributed by atoms with Crippen molar-refractivity contribution in [2.45, 2.75) is 37.2 Å². The maximum absolute atomic E-state index is 12.9. The van der Waals surface area contributed by atoms with Gasteiger partial charge in [-0.15, -0.1) is 0 Å². The number of rotatable bonds is 6. The van der Waals surface area contributed by atoms with E-state index in [2.05, 4.69) is 0 Å². The SMILES string of the molecule is C[C@@H](OC(=O)c1cccc(S(=O)(=O)N2CCCCC2)c1)C(=O)N(C)c1ccccc1. The van der Waals surface area contributed by atoms with Gasteiger partial charge in [-0.25, -0.2) is 13.2 Å². The molecule has 0 radical (unpaired) electrons. The Morgan fingerprint density at radius 2 is 1.67 bits per heavy atom. The number of nitrogens with zero attached hydrogens (tertiary/aromatic N) is 2. The van der Waals surface area contributed by atoms with Gasteiger partial charge in [-0.2, -0.15) is 4.31 Å². The topological polar surface area (TPSA) is 84.0 Å². The summed E-state index contributed by atoms with van der Waals surface area (Å²) in [6, 6.07) is 14.8. The number of ether oxygens (including phenoxy) is 1. The van der Waals surface area contributed by atoms with Gasteiger partial charge in [-0.1, -0.05) is 30.7 Å². The van der Waals surface area contributed by atoms with Crippen molar-refractivity contribution in [1.29, 1.82) is 0 Å². The van der Waals surface area contributed by atoms with Crippen LogP contribution in [0.3, 0.4) is 0 Å². The lowest BCUT2D eigenvalue weighted by atomic mass is 10.2. The Kier molecular flexibility index (Phi) is 6.89. The minimum absolute atomic E-state index is 0.0548. The molecule has 1 aliphatic heterocycles. The van der Waals surface area contributed by atoms with Crippen molar-refractivity contribution in [2.24, 2.45) is 0 Å². The van der Waals surface area contributed by atoms with E-state index in [0.717, 1.165) is 19.3 Å². The summed E-state index contributed by atoms with van der Waals surface area (Å²) >= 11 is 0. The van der Waals surface area contributed by atoms with Crippen LogP contribution in [0.25, 0.3) is 0 Å². The fourth-order valence-electron chi connectivity index (χ4n) is 3.37. The first-order valence-corrected chi connectivity index (χ1v) is 11.4. The molecule has 3 rings (SSSR count). The lowest BCUT2D eigenvalue weighted by Crippen LogP contribution is -2.37. The zero-order valence-corrected chi connectivity index (χ0v) is 18.0. The second-order valence-corrected chi connectivity index (χ2v) is 9.21. The summed E-state index contributed by atoms with van der Waals surface area (Å²) < 4.78 is 32.5. The maximum Gasteiger partial charge on any atom is 0.338 e. The molecule has 1 amide bonds. The number of anilines is 1. The number of amides is 1. The lowest BCUT2D eigenvalue weighted by Gasteiger charge is -2.26. The summed E-state index contributed by atoms with van der Waals surface area (Å²) in [5.74, 6) is -1.13. The molecular weight excluding hydrogens is 404 g/mol. The molecule has 0 aliphatic carbocycles. The van der Waals surface area contributed by atoms with Crippen LogP contribution in [0.4, 0.5) is 5.69 Å². The third kappa shape index (κ3) is 4.88. The molecule has 30 heavy (non-hydrogen) atoms. The second kappa shape index (κ2) is 9.40. The molecule has 1 atom stereocenters. The van der Waals surface area contributed by atoms with Gasteiger partial charge < -0.3 is 9.64 Å². The van der Waals surface area contributed by atoms with Gasteiger partial charge in [0.25, 0.3) is 5.91 Å². The van der Waals surface area contributed by atoms with Crippen molar-refractivity contribution in [1.82, 2.24) is 4.31 Å². The maximum atomic E-state index is 12.9. The van der Waals surface area contributed by atoms with Gasteiger partial charge >= 0.3 is 5.97 Å². The first-order chi connectivity index (χ1) is 14.3. The molecule has 2 aromatic carbocycles. The van der Waals surface area contributed by atoms with Crippen molar-refractivity contribution in [3.05, 3.63) is 60.2 Å². The highest BCUT2D eigenvalue weighted by Crippen LogP contribution is 2.22. The molecule has 1 saturated heterocycles. The van der Waals surface area contributed by atoms with E-state index in [9.17, 15) is 18.0 Å². The van der Waals surface area contributed by atoms with E-state index < -0.39 is 22.1 Å². The standard InChI is InChI=1S/C22H26N2O5S/c1-17(21(25)23(2)19-11-5-3-6-12-19)29-22(26)18-10-9-13-20(16-18)30(27,28)24-14-7-4-8-15-24/h3,5-6,9-13,16-17H,4,7-8,14-15H2,1-2H3/t17-/m1/s1. The Labute approximate surface area is 177 Å². The Bertz CT molecular complexity index is 1000. The molecular formula is C22H26N2O5S. The molecule has 7 nitrogen and oxygen atoms in total. The number of hydrogen-bond donors (Lipinski definition) is 0. The molecule has 2 aromatic rings. The summed E-state index contributed by atoms with van der Waals surface area (Å²) in [5, 5.41) is 0. The zero-order chi connectivity index (χ0) is 21.7. The van der Waals surface area contributed by atoms with Gasteiger partial charge in [-0.3, -0.25) is 4.79 Å². The molecule has 1 aliphatic rings. The van der Waals surface area contributed by atoms with Crippen LogP contribution in [0.15, 0.2) is 59.5 Å². The van der Waals surface area contributed by atoms with Gasteiger partial charge in [0.05, 0.1) is 10.5 Å². The van der Waals surface area contributed by atoms with Gasteiger partial charge in [0, 0.05) is 25.8 Å². The van der Waals surface area contributed by atoms with Crippen LogP contribution in [-0.4, -0.2) is 50.8 Å². The van der Waals surface area contributed by atoms with E-state index in [-0.39, 0.29) is 16.4 Å². The third-order valence-corrected chi connectivity index (χ3v) is 7.02. The van der Waals surface area contributed by atoms with E-state index >= 15 is 0 Å². The third-order valence-electron chi connectivity index (χ3n) is 5.13. The number of carbonyl (C=O) groups is 2. The summed E-state index contributed by atoms with van der Waals surface area (Å²) in [4.78, 5) is 26.6. The molecule has 0 N–H and O–H groups in total. The zero-order valence-electron chi connectivity index (χ0n) is 17.2. The number of para-hydroxylation sites is 1. The largest absolute Gasteiger partial charge is 0.449 e. The fraction of sp³-hybridized carbons (Fsp3) is 0.364. The average molecular weight is 431 g/mol. The van der Waals surface area contributed by atoms with Crippen molar-refractivity contribution in [3.8, 4) is 0 Å². The van der Waals surface area contributed by atoms with Crippen molar-refractivity contribution in [3.63, 3.8) is 0 Å². The van der Waals surface area contributed by atoms with Crippen LogP contribution >= 0.6 is 0 Å². The van der Waals surface area contributed by atoms with Crippen molar-refractivity contribution >= 4 is 27.6 Å². The number of hydrogen-bond acceptors (Lipinski definition) is 5. The molecule has 0 spiro atoms. The number of sulfonamides is 1. The van der Waals surface area contributed by atoms with Crippen molar-refractivity contribution in [2.75, 3.05) is 25.0 Å².